The summed E-state index contributed by atoms with van der Waals surface area (Å²) in [4.78, 5) is 1.93. The molecule has 1 aromatic carbocycles. The summed E-state index contributed by atoms with van der Waals surface area (Å²) in [6.45, 7) is 10.3. The van der Waals surface area contributed by atoms with Crippen molar-refractivity contribution in [2.75, 3.05) is 37.7 Å². The molecule has 0 aliphatic heterocycles. The molecule has 0 radical (unpaired) electrons. The van der Waals surface area contributed by atoms with Gasteiger partial charge in [-0.15, -0.1) is 0 Å². The minimum absolute atomic E-state index is 0.134. The monoisotopic (exact) mass is 365 g/mol. The molecule has 0 atom stereocenters. The van der Waals surface area contributed by atoms with Crippen LogP contribution in [0.1, 0.15) is 33.3 Å². The molecule has 1 N–H and O–H groups in total. The Morgan fingerprint density at radius 2 is 1.80 bits per heavy atom. The molecule has 7 heteroatoms. The van der Waals surface area contributed by atoms with Gasteiger partial charge < -0.3 is 9.64 Å². The first kappa shape index (κ1) is 21.2. The first-order chi connectivity index (χ1) is 11.9. The molecule has 138 valence electrons. The number of ether oxygens (including phenoxy) is 1. The van der Waals surface area contributed by atoms with Gasteiger partial charge >= 0.3 is 0 Å². The van der Waals surface area contributed by atoms with Gasteiger partial charge in [-0.3, -0.25) is 0 Å². The molecule has 0 aromatic heterocycles. The third-order valence-electron chi connectivity index (χ3n) is 3.88. The fourth-order valence-corrected chi connectivity index (χ4v) is 3.59. The van der Waals surface area contributed by atoms with Crippen molar-refractivity contribution in [3.05, 3.63) is 34.7 Å². The Labute approximate surface area is 151 Å². The van der Waals surface area contributed by atoms with Crippen LogP contribution in [0, 0.1) is 11.3 Å². The molecule has 0 aliphatic carbocycles. The topological polar surface area (TPSA) is 82.4 Å². The Morgan fingerprint density at radius 1 is 1.20 bits per heavy atom. The van der Waals surface area contributed by atoms with Crippen LogP contribution in [0.15, 0.2) is 29.2 Å². The van der Waals surface area contributed by atoms with E-state index in [0.29, 0.717) is 17.7 Å². The van der Waals surface area contributed by atoms with Gasteiger partial charge in [0.1, 0.15) is 6.07 Å². The maximum atomic E-state index is 12.4. The van der Waals surface area contributed by atoms with Crippen molar-refractivity contribution in [3.63, 3.8) is 0 Å². The predicted molar refractivity (Wildman–Crippen MR) is 102 cm³/mol. The van der Waals surface area contributed by atoms with Gasteiger partial charge in [-0.25, -0.2) is 13.1 Å². The highest BCUT2D eigenvalue weighted by Crippen LogP contribution is 2.24. The quantitative estimate of drug-likeness (QED) is 0.509. The lowest BCUT2D eigenvalue weighted by Gasteiger charge is -2.21. The number of hydrogen-bond donors (Lipinski definition) is 1. The summed E-state index contributed by atoms with van der Waals surface area (Å²) in [5.74, 6) is 0. The molecule has 25 heavy (non-hydrogen) atoms. The van der Waals surface area contributed by atoms with Crippen LogP contribution in [-0.4, -0.2) is 41.3 Å². The van der Waals surface area contributed by atoms with Crippen LogP contribution in [0.2, 0.25) is 0 Å². The number of sulfonamides is 1. The van der Waals surface area contributed by atoms with Crippen LogP contribution in [0.3, 0.4) is 0 Å². The van der Waals surface area contributed by atoms with E-state index in [4.69, 9.17) is 4.74 Å². The second-order valence-electron chi connectivity index (χ2n) is 5.38. The summed E-state index contributed by atoms with van der Waals surface area (Å²) in [7, 11) is -3.86. The second-order valence-corrected chi connectivity index (χ2v) is 7.08. The van der Waals surface area contributed by atoms with E-state index in [1.165, 1.54) is 0 Å². The summed E-state index contributed by atoms with van der Waals surface area (Å²) in [5, 5.41) is 9.35. The van der Waals surface area contributed by atoms with Gasteiger partial charge in [0, 0.05) is 31.9 Å². The van der Waals surface area contributed by atoms with Crippen LogP contribution in [0.25, 0.3) is 5.57 Å². The molecule has 6 nitrogen and oxygen atoms in total. The van der Waals surface area contributed by atoms with E-state index in [1.807, 2.05) is 37.3 Å². The second kappa shape index (κ2) is 10.2. The molecule has 0 amide bonds. The molecule has 0 aliphatic rings. The van der Waals surface area contributed by atoms with Crippen LogP contribution in [0.4, 0.5) is 5.69 Å². The van der Waals surface area contributed by atoms with Crippen LogP contribution in [0.5, 0.6) is 0 Å². The zero-order chi connectivity index (χ0) is 18.9. The largest absolute Gasteiger partial charge is 0.380 e. The fraction of sp³-hybridized carbons (Fsp3) is 0.500. The molecule has 0 fully saturated rings. The van der Waals surface area contributed by atoms with Crippen LogP contribution in [-0.2, 0) is 14.8 Å². The summed E-state index contributed by atoms with van der Waals surface area (Å²) in [6.07, 6.45) is 0. The van der Waals surface area contributed by atoms with Crippen molar-refractivity contribution in [1.29, 1.82) is 5.26 Å². The number of rotatable bonds is 10. The smallest absolute Gasteiger partial charge is 0.251 e. The van der Waals surface area contributed by atoms with E-state index in [0.717, 1.165) is 18.8 Å². The molecule has 1 aromatic rings. The minimum Gasteiger partial charge on any atom is -0.380 e. The highest BCUT2D eigenvalue weighted by Gasteiger charge is 2.20. The molecular weight excluding hydrogens is 338 g/mol. The summed E-state index contributed by atoms with van der Waals surface area (Å²) >= 11 is 0. The van der Waals surface area contributed by atoms with E-state index >= 15 is 0 Å². The molecular formula is C18H27N3O3S. The summed E-state index contributed by atoms with van der Waals surface area (Å²) in [5.41, 5.74) is 2.21. The average molecular weight is 365 g/mol. The molecule has 0 spiro atoms. The Kier molecular flexibility index (Phi) is 8.62. The SMILES string of the molecule is CCOCCNS(=O)(=O)/C(C#N)=C(\C)c1ccc(N(CC)CC)cc1. The maximum Gasteiger partial charge on any atom is 0.251 e. The number of benzene rings is 1. The molecule has 0 saturated carbocycles. The molecule has 0 bridgehead atoms. The van der Waals surface area contributed by atoms with Gasteiger partial charge in [-0.1, -0.05) is 12.1 Å². The summed E-state index contributed by atoms with van der Waals surface area (Å²) in [6, 6.07) is 9.39. The van der Waals surface area contributed by atoms with Crippen molar-refractivity contribution >= 4 is 21.3 Å². The Bertz CT molecular complexity index is 715. The first-order valence-electron chi connectivity index (χ1n) is 8.44. The third-order valence-corrected chi connectivity index (χ3v) is 5.40. The highest BCUT2D eigenvalue weighted by molar-refractivity contribution is 7.93. The van der Waals surface area contributed by atoms with E-state index in [2.05, 4.69) is 23.5 Å². The standard InChI is InChI=1S/C18H27N3O3S/c1-5-21(6-2)17-10-8-16(9-11-17)15(4)18(14-19)25(22,23)20-12-13-24-7-3/h8-11,20H,5-7,12-13H2,1-4H3/b18-15+. The van der Waals surface area contributed by atoms with Gasteiger partial charge in [-0.2, -0.15) is 5.26 Å². The van der Waals surface area contributed by atoms with Crippen molar-refractivity contribution in [2.45, 2.75) is 27.7 Å². The number of nitriles is 1. The van der Waals surface area contributed by atoms with E-state index in [1.54, 1.807) is 6.92 Å². The lowest BCUT2D eigenvalue weighted by Crippen LogP contribution is -2.28. The number of anilines is 1. The average Bonchev–Trinajstić information content (AvgIpc) is 2.60. The van der Waals surface area contributed by atoms with Crippen molar-refractivity contribution in [2.24, 2.45) is 0 Å². The third kappa shape index (κ3) is 5.85. The number of hydrogen-bond acceptors (Lipinski definition) is 5. The van der Waals surface area contributed by atoms with E-state index < -0.39 is 10.0 Å². The lowest BCUT2D eigenvalue weighted by atomic mass is 10.1. The number of nitrogens with zero attached hydrogens (tertiary/aromatic N) is 2. The van der Waals surface area contributed by atoms with Crippen LogP contribution < -0.4 is 9.62 Å². The molecule has 0 unspecified atom stereocenters. The minimum atomic E-state index is -3.86. The Morgan fingerprint density at radius 3 is 2.28 bits per heavy atom. The fourth-order valence-electron chi connectivity index (χ4n) is 2.45. The van der Waals surface area contributed by atoms with Crippen molar-refractivity contribution in [3.8, 4) is 6.07 Å². The normalized spacial score (nSPS) is 12.4. The first-order valence-corrected chi connectivity index (χ1v) is 9.93. The molecule has 1 rings (SSSR count). The maximum absolute atomic E-state index is 12.4. The van der Waals surface area contributed by atoms with Gasteiger partial charge in [0.15, 0.2) is 4.91 Å². The van der Waals surface area contributed by atoms with Crippen molar-refractivity contribution in [1.82, 2.24) is 4.72 Å². The van der Waals surface area contributed by atoms with Gasteiger partial charge in [0.2, 0.25) is 0 Å². The lowest BCUT2D eigenvalue weighted by molar-refractivity contribution is 0.153. The zero-order valence-electron chi connectivity index (χ0n) is 15.4. The van der Waals surface area contributed by atoms with E-state index in [9.17, 15) is 13.7 Å². The predicted octanol–water partition coefficient (Wildman–Crippen LogP) is 2.74. The van der Waals surface area contributed by atoms with Crippen LogP contribution >= 0.6 is 0 Å². The van der Waals surface area contributed by atoms with Gasteiger partial charge in [0.05, 0.1) is 6.61 Å². The summed E-state index contributed by atoms with van der Waals surface area (Å²) < 4.78 is 32.2. The molecule has 0 heterocycles. The number of allylic oxidation sites excluding steroid dienone is 2. The molecule has 0 saturated heterocycles. The number of nitrogens with one attached hydrogen (secondary N) is 1. The Hall–Kier alpha value is -1.88. The van der Waals surface area contributed by atoms with Gasteiger partial charge in [-0.05, 0) is 51.0 Å². The Balaban J connectivity index is 3.06. The van der Waals surface area contributed by atoms with Crippen molar-refractivity contribution < 1.29 is 13.2 Å². The van der Waals surface area contributed by atoms with E-state index in [-0.39, 0.29) is 18.1 Å². The van der Waals surface area contributed by atoms with Gasteiger partial charge in [0.25, 0.3) is 10.0 Å². The zero-order valence-corrected chi connectivity index (χ0v) is 16.2. The highest BCUT2D eigenvalue weighted by atomic mass is 32.2.